The van der Waals surface area contributed by atoms with Crippen LogP contribution in [0.4, 0.5) is 24.5 Å². The molecule has 1 saturated heterocycles. The number of amides is 2. The molecule has 1 aliphatic rings. The smallest absolute Gasteiger partial charge is 0.416 e. The summed E-state index contributed by atoms with van der Waals surface area (Å²) < 4.78 is 45.5. The molecule has 1 heterocycles. The average molecular weight is 586 g/mol. The monoisotopic (exact) mass is 585 g/mol. The van der Waals surface area contributed by atoms with Crippen molar-refractivity contribution < 1.29 is 27.5 Å². The molecule has 0 radical (unpaired) electrons. The molecule has 0 saturated carbocycles. The molecule has 1 fully saturated rings. The van der Waals surface area contributed by atoms with Gasteiger partial charge in [-0.2, -0.15) is 18.4 Å². The molecule has 3 aromatic carbocycles. The van der Waals surface area contributed by atoms with E-state index in [2.05, 4.69) is 5.32 Å². The van der Waals surface area contributed by atoms with E-state index in [-0.39, 0.29) is 27.6 Å². The molecular weight excluding hydrogens is 563 g/mol. The van der Waals surface area contributed by atoms with Gasteiger partial charge in [0.2, 0.25) is 5.91 Å². The molecule has 0 spiro atoms. The fraction of sp³-hybridized carbons (Fsp3) is 0.207. The number of carbonyl (C=O) groups is 2. The molecule has 3 aromatic rings. The highest BCUT2D eigenvalue weighted by molar-refractivity contribution is 8.05. The molecule has 0 bridgehead atoms. The number of benzene rings is 3. The van der Waals surface area contributed by atoms with E-state index >= 15 is 0 Å². The molecule has 1 unspecified atom stereocenters. The lowest BCUT2D eigenvalue weighted by molar-refractivity contribution is -0.137. The predicted octanol–water partition coefficient (Wildman–Crippen LogP) is 7.13. The Morgan fingerprint density at radius 2 is 1.88 bits per heavy atom. The first-order valence-electron chi connectivity index (χ1n) is 12.1. The van der Waals surface area contributed by atoms with Gasteiger partial charge >= 0.3 is 6.18 Å². The summed E-state index contributed by atoms with van der Waals surface area (Å²) in [5, 5.41) is 11.9. The zero-order valence-corrected chi connectivity index (χ0v) is 23.0. The molecule has 6 nitrogen and oxygen atoms in total. The predicted molar refractivity (Wildman–Crippen MR) is 149 cm³/mol. The molecule has 1 atom stereocenters. The Balaban J connectivity index is 1.75. The van der Waals surface area contributed by atoms with E-state index in [0.717, 1.165) is 35.5 Å². The van der Waals surface area contributed by atoms with E-state index in [1.807, 2.05) is 26.0 Å². The van der Waals surface area contributed by atoms with E-state index in [4.69, 9.17) is 16.3 Å². The van der Waals surface area contributed by atoms with Gasteiger partial charge in [0.15, 0.2) is 0 Å². The second kappa shape index (κ2) is 12.1. The standard InChI is InChI=1S/C29H23ClF3N3O3S/c1-3-39-22-10-8-21(9-11-22)36-27(38)25(15-18-14-19(29(31,32)33)7-12-24(18)30)40-28(36)23(16-34)26(37)35-20-6-4-5-17(2)13-20/h4-14,25H,3,15H2,1-2H3,(H,35,37)/b28-23-. The highest BCUT2D eigenvalue weighted by Crippen LogP contribution is 2.43. The molecule has 4 rings (SSSR count). The van der Waals surface area contributed by atoms with Crippen molar-refractivity contribution in [3.63, 3.8) is 0 Å². The van der Waals surface area contributed by atoms with E-state index in [1.165, 1.54) is 4.90 Å². The summed E-state index contributed by atoms with van der Waals surface area (Å²) in [5.74, 6) is -0.674. The third-order valence-electron chi connectivity index (χ3n) is 5.97. The fourth-order valence-corrected chi connectivity index (χ4v) is 5.59. The fourth-order valence-electron chi connectivity index (χ4n) is 4.10. The van der Waals surface area contributed by atoms with Gasteiger partial charge < -0.3 is 10.1 Å². The number of hydrogen-bond acceptors (Lipinski definition) is 5. The number of ether oxygens (including phenoxy) is 1. The number of anilines is 2. The number of rotatable bonds is 7. The van der Waals surface area contributed by atoms with Gasteiger partial charge in [-0.25, -0.2) is 0 Å². The van der Waals surface area contributed by atoms with Gasteiger partial charge in [-0.3, -0.25) is 14.5 Å². The number of nitriles is 1. The number of thioether (sulfide) groups is 1. The minimum absolute atomic E-state index is 0.0647. The summed E-state index contributed by atoms with van der Waals surface area (Å²) in [7, 11) is 0. The first-order chi connectivity index (χ1) is 19.0. The lowest BCUT2D eigenvalue weighted by atomic mass is 10.0. The van der Waals surface area contributed by atoms with Crippen molar-refractivity contribution in [3.8, 4) is 11.8 Å². The van der Waals surface area contributed by atoms with E-state index in [9.17, 15) is 28.0 Å². The molecule has 40 heavy (non-hydrogen) atoms. The van der Waals surface area contributed by atoms with Crippen LogP contribution in [0, 0.1) is 18.3 Å². The molecule has 0 aliphatic carbocycles. The van der Waals surface area contributed by atoms with Crippen LogP contribution in [0.15, 0.2) is 77.3 Å². The number of aryl methyl sites for hydroxylation is 1. The molecule has 0 aromatic heterocycles. The SMILES string of the molecule is CCOc1ccc(N2C(=O)C(Cc3cc(C(F)(F)F)ccc3Cl)S/C2=C(/C#N)C(=O)Nc2cccc(C)c2)cc1. The second-order valence-electron chi connectivity index (χ2n) is 8.83. The normalized spacial score (nSPS) is 16.5. The summed E-state index contributed by atoms with van der Waals surface area (Å²) in [6.07, 6.45) is -4.74. The van der Waals surface area contributed by atoms with Gasteiger partial charge in [-0.05, 0) is 86.0 Å². The maximum atomic E-state index is 13.7. The lowest BCUT2D eigenvalue weighted by Crippen LogP contribution is -2.31. The average Bonchev–Trinajstić information content (AvgIpc) is 3.21. The van der Waals surface area contributed by atoms with Crippen LogP contribution in [-0.4, -0.2) is 23.7 Å². The number of nitrogens with one attached hydrogen (secondary N) is 1. The summed E-state index contributed by atoms with van der Waals surface area (Å²) >= 11 is 7.14. The number of carbonyl (C=O) groups excluding carboxylic acids is 2. The van der Waals surface area contributed by atoms with Crippen molar-refractivity contribution in [2.75, 3.05) is 16.8 Å². The minimum Gasteiger partial charge on any atom is -0.494 e. The maximum Gasteiger partial charge on any atom is 0.416 e. The topological polar surface area (TPSA) is 82.4 Å². The molecule has 1 N–H and O–H groups in total. The van der Waals surface area contributed by atoms with Crippen LogP contribution >= 0.6 is 23.4 Å². The van der Waals surface area contributed by atoms with Crippen molar-refractivity contribution in [1.29, 1.82) is 5.26 Å². The van der Waals surface area contributed by atoms with Crippen molar-refractivity contribution in [2.24, 2.45) is 0 Å². The van der Waals surface area contributed by atoms with Crippen LogP contribution in [0.5, 0.6) is 5.75 Å². The Kier molecular flexibility index (Phi) is 8.76. The zero-order chi connectivity index (χ0) is 29.0. The second-order valence-corrected chi connectivity index (χ2v) is 10.4. The van der Waals surface area contributed by atoms with Crippen molar-refractivity contribution in [3.05, 3.63) is 99.0 Å². The highest BCUT2D eigenvalue weighted by Gasteiger charge is 2.41. The highest BCUT2D eigenvalue weighted by atomic mass is 35.5. The van der Waals surface area contributed by atoms with Crippen LogP contribution in [0.3, 0.4) is 0 Å². The van der Waals surface area contributed by atoms with Crippen LogP contribution in [-0.2, 0) is 22.2 Å². The molecule has 206 valence electrons. The van der Waals surface area contributed by atoms with E-state index in [0.29, 0.717) is 23.7 Å². The van der Waals surface area contributed by atoms with Crippen molar-refractivity contribution in [1.82, 2.24) is 0 Å². The summed E-state index contributed by atoms with van der Waals surface area (Å²) in [6.45, 7) is 4.10. The van der Waals surface area contributed by atoms with Gasteiger partial charge in [0.25, 0.3) is 5.91 Å². The molecular formula is C29H23ClF3N3O3S. The van der Waals surface area contributed by atoms with Crippen LogP contribution < -0.4 is 15.0 Å². The van der Waals surface area contributed by atoms with Crippen molar-refractivity contribution in [2.45, 2.75) is 31.7 Å². The largest absolute Gasteiger partial charge is 0.494 e. The number of alkyl halides is 3. The van der Waals surface area contributed by atoms with E-state index in [1.54, 1.807) is 42.5 Å². The Morgan fingerprint density at radius 1 is 1.15 bits per heavy atom. The van der Waals surface area contributed by atoms with Crippen LogP contribution in [0.25, 0.3) is 0 Å². The van der Waals surface area contributed by atoms with Gasteiger partial charge in [-0.15, -0.1) is 0 Å². The Labute approximate surface area is 238 Å². The third kappa shape index (κ3) is 6.43. The van der Waals surface area contributed by atoms with Crippen molar-refractivity contribution >= 4 is 46.6 Å². The maximum absolute atomic E-state index is 13.7. The number of nitrogens with zero attached hydrogens (tertiary/aromatic N) is 2. The molecule has 11 heteroatoms. The zero-order valence-electron chi connectivity index (χ0n) is 21.4. The number of halogens is 4. The molecule has 1 aliphatic heterocycles. The van der Waals surface area contributed by atoms with E-state index < -0.39 is 28.8 Å². The first kappa shape index (κ1) is 29.1. The third-order valence-corrected chi connectivity index (χ3v) is 7.60. The summed E-state index contributed by atoms with van der Waals surface area (Å²) in [6, 6.07) is 18.3. The van der Waals surface area contributed by atoms with Gasteiger partial charge in [0.05, 0.1) is 17.4 Å². The van der Waals surface area contributed by atoms with Gasteiger partial charge in [0, 0.05) is 16.4 Å². The van der Waals surface area contributed by atoms with Gasteiger partial charge in [0.1, 0.15) is 22.4 Å². The summed E-state index contributed by atoms with van der Waals surface area (Å²) in [5.41, 5.74) is 0.641. The minimum atomic E-state index is -4.59. The first-order valence-corrected chi connectivity index (χ1v) is 13.4. The quantitative estimate of drug-likeness (QED) is 0.236. The number of hydrogen-bond donors (Lipinski definition) is 1. The Hall–Kier alpha value is -3.94. The van der Waals surface area contributed by atoms with Crippen LogP contribution in [0.2, 0.25) is 5.02 Å². The van der Waals surface area contributed by atoms with Gasteiger partial charge in [-0.1, -0.05) is 35.5 Å². The van der Waals surface area contributed by atoms with Crippen LogP contribution in [0.1, 0.15) is 23.6 Å². The summed E-state index contributed by atoms with van der Waals surface area (Å²) in [4.78, 5) is 28.2. The molecule has 2 amide bonds. The Morgan fingerprint density at radius 3 is 2.50 bits per heavy atom. The lowest BCUT2D eigenvalue weighted by Gasteiger charge is -2.19. The Bertz CT molecular complexity index is 1520.